The number of Topliss-reactive ketones (excluding diaryl/α,β-unsaturated/α-hetero) is 1. The number of rotatable bonds is 4. The van der Waals surface area contributed by atoms with E-state index in [4.69, 9.17) is 0 Å². The molecule has 2 rings (SSSR count). The molecular formula is C14H10INO3. The zero-order valence-corrected chi connectivity index (χ0v) is 12.0. The van der Waals surface area contributed by atoms with E-state index in [2.05, 4.69) is 0 Å². The molecular weight excluding hydrogens is 357 g/mol. The Labute approximate surface area is 123 Å². The zero-order valence-electron chi connectivity index (χ0n) is 9.88. The molecule has 0 unspecified atom stereocenters. The van der Waals surface area contributed by atoms with E-state index < -0.39 is 4.92 Å². The molecule has 0 N–H and O–H groups in total. The quantitative estimate of drug-likeness (QED) is 0.359. The van der Waals surface area contributed by atoms with Crippen molar-refractivity contribution in [1.82, 2.24) is 0 Å². The van der Waals surface area contributed by atoms with Crippen LogP contribution in [0.3, 0.4) is 0 Å². The lowest BCUT2D eigenvalue weighted by Gasteiger charge is -2.04. The molecule has 0 spiro atoms. The molecule has 0 fully saturated rings. The van der Waals surface area contributed by atoms with E-state index in [1.165, 1.54) is 12.1 Å². The molecule has 4 nitrogen and oxygen atoms in total. The summed E-state index contributed by atoms with van der Waals surface area (Å²) in [6, 6.07) is 13.6. The van der Waals surface area contributed by atoms with Gasteiger partial charge in [-0.1, -0.05) is 36.4 Å². The Morgan fingerprint density at radius 3 is 2.42 bits per heavy atom. The van der Waals surface area contributed by atoms with Gasteiger partial charge in [0.1, 0.15) is 0 Å². The zero-order chi connectivity index (χ0) is 13.8. The number of ketones is 1. The van der Waals surface area contributed by atoms with Crippen molar-refractivity contribution in [3.63, 3.8) is 0 Å². The number of halogens is 1. The van der Waals surface area contributed by atoms with Crippen LogP contribution in [0.1, 0.15) is 15.9 Å². The monoisotopic (exact) mass is 367 g/mol. The SMILES string of the molecule is O=C(Cc1ccc([N+](=O)[O-])cc1I)c1ccccc1. The van der Waals surface area contributed by atoms with Crippen LogP contribution in [0.25, 0.3) is 0 Å². The van der Waals surface area contributed by atoms with Crippen LogP contribution in [0.4, 0.5) is 5.69 Å². The van der Waals surface area contributed by atoms with Crippen LogP contribution in [0.2, 0.25) is 0 Å². The molecule has 5 heteroatoms. The third-order valence-corrected chi connectivity index (χ3v) is 3.70. The molecule has 0 radical (unpaired) electrons. The molecule has 0 atom stereocenters. The number of nitro benzene ring substituents is 1. The summed E-state index contributed by atoms with van der Waals surface area (Å²) in [5, 5.41) is 10.6. The van der Waals surface area contributed by atoms with Crippen molar-refractivity contribution in [3.8, 4) is 0 Å². The number of non-ortho nitro benzene ring substituents is 1. The van der Waals surface area contributed by atoms with Crippen LogP contribution in [-0.4, -0.2) is 10.7 Å². The fraction of sp³-hybridized carbons (Fsp3) is 0.0714. The lowest BCUT2D eigenvalue weighted by molar-refractivity contribution is -0.385. The number of benzene rings is 2. The van der Waals surface area contributed by atoms with Gasteiger partial charge in [0.15, 0.2) is 5.78 Å². The van der Waals surface area contributed by atoms with Crippen LogP contribution in [0.15, 0.2) is 48.5 Å². The van der Waals surface area contributed by atoms with Gasteiger partial charge in [0, 0.05) is 27.7 Å². The van der Waals surface area contributed by atoms with Crippen molar-refractivity contribution in [2.45, 2.75) is 6.42 Å². The summed E-state index contributed by atoms with van der Waals surface area (Å²) in [7, 11) is 0. The Kier molecular flexibility index (Phi) is 4.26. The molecule has 0 saturated heterocycles. The van der Waals surface area contributed by atoms with E-state index in [-0.39, 0.29) is 17.9 Å². The first-order chi connectivity index (χ1) is 9.08. The maximum Gasteiger partial charge on any atom is 0.270 e. The topological polar surface area (TPSA) is 60.2 Å². The Hall–Kier alpha value is -1.76. The lowest BCUT2D eigenvalue weighted by Crippen LogP contribution is -2.05. The fourth-order valence-electron chi connectivity index (χ4n) is 1.69. The predicted molar refractivity (Wildman–Crippen MR) is 80.3 cm³/mol. The normalized spacial score (nSPS) is 10.2. The molecule has 96 valence electrons. The summed E-state index contributed by atoms with van der Waals surface area (Å²) >= 11 is 2.02. The minimum Gasteiger partial charge on any atom is -0.294 e. The van der Waals surface area contributed by atoms with Gasteiger partial charge in [-0.25, -0.2) is 0 Å². The predicted octanol–water partition coefficient (Wildman–Crippen LogP) is 3.62. The number of hydrogen-bond donors (Lipinski definition) is 0. The summed E-state index contributed by atoms with van der Waals surface area (Å²) in [5.41, 5.74) is 1.50. The summed E-state index contributed by atoms with van der Waals surface area (Å²) < 4.78 is 0.732. The Balaban J connectivity index is 2.20. The van der Waals surface area contributed by atoms with Crippen molar-refractivity contribution in [3.05, 3.63) is 73.3 Å². The number of nitro groups is 1. The highest BCUT2D eigenvalue weighted by Gasteiger charge is 2.12. The molecule has 0 aliphatic heterocycles. The Morgan fingerprint density at radius 2 is 1.84 bits per heavy atom. The highest BCUT2D eigenvalue weighted by Crippen LogP contribution is 2.21. The third kappa shape index (κ3) is 3.37. The molecule has 0 saturated carbocycles. The molecule has 0 heterocycles. The van der Waals surface area contributed by atoms with Crippen LogP contribution < -0.4 is 0 Å². The Bertz CT molecular complexity index is 626. The van der Waals surface area contributed by atoms with E-state index in [1.807, 2.05) is 40.8 Å². The van der Waals surface area contributed by atoms with Gasteiger partial charge in [0.25, 0.3) is 5.69 Å². The minimum absolute atomic E-state index is 0.00682. The van der Waals surface area contributed by atoms with E-state index in [1.54, 1.807) is 18.2 Å². The van der Waals surface area contributed by atoms with Gasteiger partial charge in [0.2, 0.25) is 0 Å². The van der Waals surface area contributed by atoms with Crippen molar-refractivity contribution >= 4 is 34.1 Å². The number of hydrogen-bond acceptors (Lipinski definition) is 3. The smallest absolute Gasteiger partial charge is 0.270 e. The van der Waals surface area contributed by atoms with Crippen LogP contribution in [0, 0.1) is 13.7 Å². The first-order valence-corrected chi connectivity index (χ1v) is 6.67. The van der Waals surface area contributed by atoms with E-state index in [0.29, 0.717) is 5.56 Å². The first-order valence-electron chi connectivity index (χ1n) is 5.59. The van der Waals surface area contributed by atoms with Crippen molar-refractivity contribution < 1.29 is 9.72 Å². The van der Waals surface area contributed by atoms with Gasteiger partial charge >= 0.3 is 0 Å². The number of carbonyl (C=O) groups is 1. The van der Waals surface area contributed by atoms with Crippen molar-refractivity contribution in [2.24, 2.45) is 0 Å². The lowest BCUT2D eigenvalue weighted by atomic mass is 10.0. The number of carbonyl (C=O) groups excluding carboxylic acids is 1. The second-order valence-electron chi connectivity index (χ2n) is 4.00. The van der Waals surface area contributed by atoms with E-state index in [9.17, 15) is 14.9 Å². The summed E-state index contributed by atoms with van der Waals surface area (Å²) in [6.07, 6.45) is 0.250. The number of nitrogens with zero attached hydrogens (tertiary/aromatic N) is 1. The summed E-state index contributed by atoms with van der Waals surface area (Å²) in [4.78, 5) is 22.3. The maximum atomic E-state index is 12.0. The average Bonchev–Trinajstić information content (AvgIpc) is 2.41. The molecule has 19 heavy (non-hydrogen) atoms. The highest BCUT2D eigenvalue weighted by atomic mass is 127. The fourth-order valence-corrected chi connectivity index (χ4v) is 2.38. The molecule has 0 aliphatic rings. The molecule has 2 aromatic rings. The van der Waals surface area contributed by atoms with Gasteiger partial charge in [-0.2, -0.15) is 0 Å². The molecule has 0 aromatic heterocycles. The summed E-state index contributed by atoms with van der Waals surface area (Å²) in [5.74, 6) is 0.00682. The molecule has 2 aromatic carbocycles. The standard InChI is InChI=1S/C14H10INO3/c15-13-9-12(16(18)19)7-6-11(13)8-14(17)10-4-2-1-3-5-10/h1-7,9H,8H2. The molecule has 0 aliphatic carbocycles. The highest BCUT2D eigenvalue weighted by molar-refractivity contribution is 14.1. The third-order valence-electron chi connectivity index (χ3n) is 2.69. The second kappa shape index (κ2) is 5.92. The summed E-state index contributed by atoms with van der Waals surface area (Å²) in [6.45, 7) is 0. The molecule has 0 bridgehead atoms. The van der Waals surface area contributed by atoms with Crippen molar-refractivity contribution in [1.29, 1.82) is 0 Å². The second-order valence-corrected chi connectivity index (χ2v) is 5.16. The minimum atomic E-state index is -0.440. The van der Waals surface area contributed by atoms with Crippen LogP contribution in [0.5, 0.6) is 0 Å². The van der Waals surface area contributed by atoms with E-state index in [0.717, 1.165) is 9.13 Å². The van der Waals surface area contributed by atoms with Gasteiger partial charge in [-0.05, 0) is 28.2 Å². The van der Waals surface area contributed by atoms with Gasteiger partial charge in [-0.15, -0.1) is 0 Å². The van der Waals surface area contributed by atoms with E-state index >= 15 is 0 Å². The van der Waals surface area contributed by atoms with Crippen LogP contribution in [-0.2, 0) is 6.42 Å². The van der Waals surface area contributed by atoms with Crippen LogP contribution >= 0.6 is 22.6 Å². The average molecular weight is 367 g/mol. The van der Waals surface area contributed by atoms with Gasteiger partial charge in [0.05, 0.1) is 4.92 Å². The largest absolute Gasteiger partial charge is 0.294 e. The molecule has 0 amide bonds. The maximum absolute atomic E-state index is 12.0. The Morgan fingerprint density at radius 1 is 1.16 bits per heavy atom. The van der Waals surface area contributed by atoms with Gasteiger partial charge in [-0.3, -0.25) is 14.9 Å². The van der Waals surface area contributed by atoms with Gasteiger partial charge < -0.3 is 0 Å². The van der Waals surface area contributed by atoms with Crippen molar-refractivity contribution in [2.75, 3.05) is 0 Å². The first kappa shape index (κ1) is 13.7.